The molecule has 0 bridgehead atoms. The monoisotopic (exact) mass is 220 g/mol. The highest BCUT2D eigenvalue weighted by atomic mass is 31.2. The second kappa shape index (κ2) is 5.52. The van der Waals surface area contributed by atoms with Gasteiger partial charge in [0.1, 0.15) is 0 Å². The molecule has 1 unspecified atom stereocenters. The van der Waals surface area contributed by atoms with E-state index in [2.05, 4.69) is 5.09 Å². The lowest BCUT2D eigenvalue weighted by Gasteiger charge is -2.16. The first-order valence-electron chi connectivity index (χ1n) is 4.94. The number of carbonyl (C=O) groups excluding carboxylic acids is 1. The van der Waals surface area contributed by atoms with E-state index in [1.807, 2.05) is 13.8 Å². The second-order valence-electron chi connectivity index (χ2n) is 4.33. The van der Waals surface area contributed by atoms with E-state index < -0.39 is 7.44 Å². The normalized spacial score (nSPS) is 15.6. The molecule has 0 saturated carbocycles. The highest BCUT2D eigenvalue weighted by Gasteiger charge is 2.20. The molecule has 1 amide bonds. The number of hydrogen-bond acceptors (Lipinski definition) is 2. The zero-order valence-electron chi connectivity index (χ0n) is 9.41. The molecule has 0 aliphatic heterocycles. The van der Waals surface area contributed by atoms with Gasteiger partial charge in [0.25, 0.3) is 0 Å². The summed E-state index contributed by atoms with van der Waals surface area (Å²) < 4.78 is 11.7. The minimum absolute atomic E-state index is 0.175. The highest BCUT2D eigenvalue weighted by molar-refractivity contribution is 7.60. The van der Waals surface area contributed by atoms with Crippen LogP contribution in [-0.2, 0) is 9.36 Å². The quantitative estimate of drug-likeness (QED) is 0.695. The standard InChI is InChI=1S/C9H21N2O2P/c1-7(2)5-6-14(10,13)11-9(12)8(3)4/h7-8H,5-6H2,1-4H3,(H3,10,11,12,13). The number of hydrogen-bond donors (Lipinski definition) is 2. The molecule has 0 aliphatic rings. The number of amides is 1. The Hall–Kier alpha value is -0.340. The number of rotatable bonds is 5. The molecule has 0 aromatic carbocycles. The van der Waals surface area contributed by atoms with Crippen molar-refractivity contribution >= 4 is 13.4 Å². The SMILES string of the molecule is CC(C)CCP(N)(=O)NC(=O)C(C)C. The van der Waals surface area contributed by atoms with E-state index in [1.54, 1.807) is 13.8 Å². The Morgan fingerprint density at radius 1 is 1.36 bits per heavy atom. The molecule has 14 heavy (non-hydrogen) atoms. The van der Waals surface area contributed by atoms with Crippen molar-refractivity contribution in [2.24, 2.45) is 17.3 Å². The van der Waals surface area contributed by atoms with Crippen LogP contribution in [0.5, 0.6) is 0 Å². The molecule has 0 radical (unpaired) electrons. The van der Waals surface area contributed by atoms with Gasteiger partial charge >= 0.3 is 0 Å². The maximum atomic E-state index is 11.7. The molecule has 84 valence electrons. The van der Waals surface area contributed by atoms with Gasteiger partial charge in [0.05, 0.1) is 0 Å². The summed E-state index contributed by atoms with van der Waals surface area (Å²) in [5.74, 6) is 0.0355. The number of nitrogens with one attached hydrogen (secondary N) is 1. The van der Waals surface area contributed by atoms with Crippen molar-refractivity contribution in [3.05, 3.63) is 0 Å². The first-order chi connectivity index (χ1) is 6.24. The van der Waals surface area contributed by atoms with Crippen molar-refractivity contribution in [2.75, 3.05) is 6.16 Å². The van der Waals surface area contributed by atoms with Crippen LogP contribution in [0.15, 0.2) is 0 Å². The lowest BCUT2D eigenvalue weighted by molar-refractivity contribution is -0.122. The van der Waals surface area contributed by atoms with Crippen LogP contribution in [0, 0.1) is 11.8 Å². The van der Waals surface area contributed by atoms with Crippen LogP contribution in [0.4, 0.5) is 0 Å². The molecule has 4 nitrogen and oxygen atoms in total. The summed E-state index contributed by atoms with van der Waals surface area (Å²) in [6.45, 7) is 7.56. The van der Waals surface area contributed by atoms with Gasteiger partial charge in [-0.3, -0.25) is 20.0 Å². The first-order valence-corrected chi connectivity index (χ1v) is 6.90. The topological polar surface area (TPSA) is 72.2 Å². The van der Waals surface area contributed by atoms with Crippen LogP contribution >= 0.6 is 7.44 Å². The molecule has 0 aromatic heterocycles. The average Bonchev–Trinajstić information content (AvgIpc) is 2.00. The van der Waals surface area contributed by atoms with Gasteiger partial charge in [-0.25, -0.2) is 0 Å². The van der Waals surface area contributed by atoms with Gasteiger partial charge in [-0.05, 0) is 12.3 Å². The van der Waals surface area contributed by atoms with E-state index in [1.165, 1.54) is 0 Å². The molecule has 0 heterocycles. The summed E-state index contributed by atoms with van der Waals surface area (Å²) in [7, 11) is -2.96. The summed E-state index contributed by atoms with van der Waals surface area (Å²) in [6.07, 6.45) is 1.15. The van der Waals surface area contributed by atoms with Crippen molar-refractivity contribution in [3.63, 3.8) is 0 Å². The summed E-state index contributed by atoms with van der Waals surface area (Å²) >= 11 is 0. The van der Waals surface area contributed by atoms with E-state index >= 15 is 0 Å². The molecular weight excluding hydrogens is 199 g/mol. The van der Waals surface area contributed by atoms with Crippen molar-refractivity contribution in [1.82, 2.24) is 5.09 Å². The first kappa shape index (κ1) is 13.7. The Balaban J connectivity index is 4.08. The Morgan fingerprint density at radius 2 is 1.86 bits per heavy atom. The smallest absolute Gasteiger partial charge is 0.234 e. The Kier molecular flexibility index (Phi) is 5.38. The molecule has 1 atom stereocenters. The van der Waals surface area contributed by atoms with Gasteiger partial charge in [-0.15, -0.1) is 0 Å². The lowest BCUT2D eigenvalue weighted by Crippen LogP contribution is -2.29. The largest absolute Gasteiger partial charge is 0.295 e. The fourth-order valence-corrected chi connectivity index (χ4v) is 2.46. The highest BCUT2D eigenvalue weighted by Crippen LogP contribution is 2.33. The minimum atomic E-state index is -2.96. The Labute approximate surface area is 86.1 Å². The summed E-state index contributed by atoms with van der Waals surface area (Å²) in [5, 5.41) is 2.41. The van der Waals surface area contributed by atoms with E-state index in [0.29, 0.717) is 12.1 Å². The predicted molar refractivity (Wildman–Crippen MR) is 59.1 cm³/mol. The molecule has 0 fully saturated rings. The molecule has 5 heteroatoms. The van der Waals surface area contributed by atoms with Crippen LogP contribution in [0.2, 0.25) is 0 Å². The van der Waals surface area contributed by atoms with Crippen LogP contribution in [-0.4, -0.2) is 12.1 Å². The average molecular weight is 220 g/mol. The third-order valence-corrected chi connectivity index (χ3v) is 3.38. The van der Waals surface area contributed by atoms with Gasteiger partial charge in [0.15, 0.2) is 0 Å². The van der Waals surface area contributed by atoms with Crippen LogP contribution in [0.25, 0.3) is 0 Å². The summed E-state index contributed by atoms with van der Waals surface area (Å²) in [6, 6.07) is 0. The number of carbonyl (C=O) groups is 1. The van der Waals surface area contributed by atoms with Gasteiger partial charge in [0, 0.05) is 12.1 Å². The van der Waals surface area contributed by atoms with E-state index in [0.717, 1.165) is 6.42 Å². The van der Waals surface area contributed by atoms with Crippen LogP contribution in [0.1, 0.15) is 34.1 Å². The van der Waals surface area contributed by atoms with Crippen molar-refractivity contribution in [3.8, 4) is 0 Å². The van der Waals surface area contributed by atoms with Gasteiger partial charge in [-0.2, -0.15) is 0 Å². The fourth-order valence-electron chi connectivity index (χ4n) is 0.822. The summed E-state index contributed by atoms with van der Waals surface area (Å²) in [4.78, 5) is 11.2. The van der Waals surface area contributed by atoms with E-state index in [-0.39, 0.29) is 11.8 Å². The summed E-state index contributed by atoms with van der Waals surface area (Å²) in [5.41, 5.74) is 5.53. The van der Waals surface area contributed by atoms with Gasteiger partial charge in [0.2, 0.25) is 13.4 Å². The Bertz CT molecular complexity index is 239. The Morgan fingerprint density at radius 3 is 2.21 bits per heavy atom. The van der Waals surface area contributed by atoms with E-state index in [4.69, 9.17) is 5.50 Å². The number of nitrogens with two attached hydrogens (primary N) is 1. The third kappa shape index (κ3) is 6.17. The molecule has 0 spiro atoms. The van der Waals surface area contributed by atoms with E-state index in [9.17, 15) is 9.36 Å². The molecule has 0 aliphatic carbocycles. The molecule has 3 N–H and O–H groups in total. The lowest BCUT2D eigenvalue weighted by atomic mass is 10.2. The molecule has 0 aromatic rings. The predicted octanol–water partition coefficient (Wildman–Crippen LogP) is 1.96. The van der Waals surface area contributed by atoms with Crippen molar-refractivity contribution in [2.45, 2.75) is 34.1 Å². The molecule has 0 rings (SSSR count). The zero-order chi connectivity index (χ0) is 11.4. The molecule has 0 saturated heterocycles. The molecular formula is C9H21N2O2P. The fraction of sp³-hybridized carbons (Fsp3) is 0.889. The third-order valence-electron chi connectivity index (χ3n) is 1.86. The van der Waals surface area contributed by atoms with Crippen LogP contribution < -0.4 is 10.6 Å². The van der Waals surface area contributed by atoms with Crippen molar-refractivity contribution < 1.29 is 9.36 Å². The van der Waals surface area contributed by atoms with Crippen LogP contribution in [0.3, 0.4) is 0 Å². The van der Waals surface area contributed by atoms with Crippen molar-refractivity contribution in [1.29, 1.82) is 0 Å². The second-order valence-corrected chi connectivity index (χ2v) is 6.59. The maximum absolute atomic E-state index is 11.7. The minimum Gasteiger partial charge on any atom is -0.295 e. The zero-order valence-corrected chi connectivity index (χ0v) is 10.3. The van der Waals surface area contributed by atoms with Gasteiger partial charge in [-0.1, -0.05) is 27.7 Å². The van der Waals surface area contributed by atoms with Gasteiger partial charge < -0.3 is 0 Å². The maximum Gasteiger partial charge on any atom is 0.234 e.